The van der Waals surface area contributed by atoms with Crippen LogP contribution < -0.4 is 11.1 Å². The number of carbonyl (C=O) groups excluding carboxylic acids is 2. The number of nitro benzene ring substituents is 1. The van der Waals surface area contributed by atoms with Gasteiger partial charge in [0.1, 0.15) is 12.0 Å². The van der Waals surface area contributed by atoms with Gasteiger partial charge in [0.15, 0.2) is 10.7 Å². The van der Waals surface area contributed by atoms with Crippen LogP contribution in [0.25, 0.3) is 0 Å². The van der Waals surface area contributed by atoms with Crippen molar-refractivity contribution in [2.45, 2.75) is 17.3 Å². The summed E-state index contributed by atoms with van der Waals surface area (Å²) >= 11 is 2.38. The number of non-ortho nitro benzene ring substituents is 1. The van der Waals surface area contributed by atoms with Crippen molar-refractivity contribution in [2.75, 3.05) is 18.1 Å². The Labute approximate surface area is 201 Å². The molecule has 4 rings (SSSR count). The lowest BCUT2D eigenvalue weighted by Crippen LogP contribution is -2.79. The molecule has 0 bridgehead atoms. The second kappa shape index (κ2) is 9.61. The first-order chi connectivity index (χ1) is 16.4. The van der Waals surface area contributed by atoms with Crippen LogP contribution >= 0.6 is 23.3 Å². The summed E-state index contributed by atoms with van der Waals surface area (Å²) in [5.74, 6) is -0.411. The maximum absolute atomic E-state index is 13.4. The van der Waals surface area contributed by atoms with E-state index in [2.05, 4.69) is 26.4 Å². The number of carbonyl (C=O) groups is 2. The topological polar surface area (TPSA) is 166 Å². The molecule has 2 aromatic rings. The maximum atomic E-state index is 13.4. The molecule has 0 aliphatic carbocycles. The van der Waals surface area contributed by atoms with Crippen molar-refractivity contribution in [3.05, 3.63) is 70.7 Å². The number of nitro groups is 1. The van der Waals surface area contributed by atoms with E-state index in [9.17, 15) is 19.7 Å². The van der Waals surface area contributed by atoms with Crippen molar-refractivity contribution < 1.29 is 19.3 Å². The molecule has 1 unspecified atom stereocenters. The van der Waals surface area contributed by atoms with Gasteiger partial charge in [-0.3, -0.25) is 19.7 Å². The highest BCUT2D eigenvalue weighted by Crippen LogP contribution is 2.43. The van der Waals surface area contributed by atoms with Crippen LogP contribution in [0.4, 0.5) is 10.8 Å². The molecule has 2 atom stereocenters. The van der Waals surface area contributed by atoms with Crippen molar-refractivity contribution in [2.24, 2.45) is 5.16 Å². The summed E-state index contributed by atoms with van der Waals surface area (Å²) in [5, 5.41) is 17.4. The number of fused-ring (bicyclic) bond motifs is 1. The number of thioether (sulfide) groups is 1. The van der Waals surface area contributed by atoms with Crippen LogP contribution in [0.2, 0.25) is 0 Å². The molecule has 3 N–H and O–H groups in total. The SMILES string of the molecule is C=CCON=C(C(=O)NC1(Cc2ccc([N+](=O)[O-])cc2)C(=O)N2C=CCS[C@H]21)c1nsc(N)n1. The highest BCUT2D eigenvalue weighted by molar-refractivity contribution is 8.00. The Morgan fingerprint density at radius 1 is 1.47 bits per heavy atom. The van der Waals surface area contributed by atoms with Crippen molar-refractivity contribution in [1.29, 1.82) is 0 Å². The van der Waals surface area contributed by atoms with Gasteiger partial charge in [0.05, 0.1) is 4.92 Å². The van der Waals surface area contributed by atoms with E-state index in [0.29, 0.717) is 11.3 Å². The third-order valence-electron chi connectivity index (χ3n) is 5.09. The molecule has 0 radical (unpaired) electrons. The Balaban J connectivity index is 1.66. The number of amides is 2. The minimum absolute atomic E-state index is 0.0330. The Hall–Kier alpha value is -3.78. The molecule has 2 amide bonds. The maximum Gasteiger partial charge on any atom is 0.278 e. The standard InChI is InChI=1S/C20H19N7O5S2/c1-2-9-32-24-14(15-22-19(21)34-25-15)16(28)23-20(17(29)26-8-3-10-33-18(20)26)11-12-4-6-13(7-5-12)27(30)31/h2-8,18H,1,9-11H2,(H,23,28)(H2,21,22,25)/t18-,20?/m0/s1. The minimum atomic E-state index is -1.32. The van der Waals surface area contributed by atoms with E-state index in [1.807, 2.05) is 6.08 Å². The highest BCUT2D eigenvalue weighted by Gasteiger charge is 2.62. The summed E-state index contributed by atoms with van der Waals surface area (Å²) in [4.78, 5) is 47.8. The first kappa shape index (κ1) is 23.4. The molecule has 2 aliphatic rings. The largest absolute Gasteiger partial charge is 0.391 e. The lowest BCUT2D eigenvalue weighted by atomic mass is 9.81. The molecule has 1 saturated heterocycles. The molecule has 1 aromatic carbocycles. The zero-order valence-corrected chi connectivity index (χ0v) is 19.3. The molecule has 12 nitrogen and oxygen atoms in total. The second-order valence-corrected chi connectivity index (χ2v) is 9.19. The van der Waals surface area contributed by atoms with E-state index in [-0.39, 0.29) is 46.7 Å². The van der Waals surface area contributed by atoms with Crippen LogP contribution in [-0.2, 0) is 20.8 Å². The quantitative estimate of drug-likeness (QED) is 0.129. The fourth-order valence-corrected chi connectivity index (χ4v) is 5.27. The van der Waals surface area contributed by atoms with Crippen LogP contribution in [-0.4, -0.2) is 60.0 Å². The zero-order chi connectivity index (χ0) is 24.3. The van der Waals surface area contributed by atoms with Gasteiger partial charge in [0.25, 0.3) is 17.5 Å². The van der Waals surface area contributed by atoms with Gasteiger partial charge >= 0.3 is 0 Å². The number of rotatable bonds is 9. The number of benzene rings is 1. The van der Waals surface area contributed by atoms with Gasteiger partial charge in [0.2, 0.25) is 11.5 Å². The third kappa shape index (κ3) is 4.36. The Morgan fingerprint density at radius 3 is 2.88 bits per heavy atom. The summed E-state index contributed by atoms with van der Waals surface area (Å²) in [6, 6.07) is 5.85. The van der Waals surface area contributed by atoms with Crippen molar-refractivity contribution >= 4 is 51.6 Å². The average molecular weight is 502 g/mol. The lowest BCUT2D eigenvalue weighted by molar-refractivity contribution is -0.384. The van der Waals surface area contributed by atoms with Crippen molar-refractivity contribution in [3.8, 4) is 0 Å². The van der Waals surface area contributed by atoms with E-state index in [1.165, 1.54) is 30.0 Å². The zero-order valence-electron chi connectivity index (χ0n) is 17.6. The Morgan fingerprint density at radius 2 is 2.24 bits per heavy atom. The monoisotopic (exact) mass is 501 g/mol. The number of anilines is 1. The van der Waals surface area contributed by atoms with E-state index in [0.717, 1.165) is 11.5 Å². The molecule has 0 saturated carbocycles. The number of nitrogens with zero attached hydrogens (tertiary/aromatic N) is 5. The number of nitrogens with two attached hydrogens (primary N) is 1. The molecule has 2 aliphatic heterocycles. The van der Waals surface area contributed by atoms with Gasteiger partial charge < -0.3 is 20.8 Å². The fraction of sp³-hybridized carbons (Fsp3) is 0.250. The molecule has 1 aromatic heterocycles. The van der Waals surface area contributed by atoms with Crippen molar-refractivity contribution in [3.63, 3.8) is 0 Å². The Kier molecular flexibility index (Phi) is 6.61. The molecule has 34 heavy (non-hydrogen) atoms. The number of nitrogens with one attached hydrogen (secondary N) is 1. The molecule has 1 fully saturated rings. The lowest BCUT2D eigenvalue weighted by Gasteiger charge is -2.55. The van der Waals surface area contributed by atoms with Gasteiger partial charge in [-0.1, -0.05) is 36.0 Å². The van der Waals surface area contributed by atoms with Crippen LogP contribution in [0.1, 0.15) is 11.4 Å². The van der Waals surface area contributed by atoms with E-state index in [4.69, 9.17) is 10.6 Å². The summed E-state index contributed by atoms with van der Waals surface area (Å²) < 4.78 is 4.03. The summed E-state index contributed by atoms with van der Waals surface area (Å²) in [7, 11) is 0. The number of oxime groups is 1. The summed E-state index contributed by atoms with van der Waals surface area (Å²) in [6.45, 7) is 3.58. The van der Waals surface area contributed by atoms with Crippen LogP contribution in [0.3, 0.4) is 0 Å². The minimum Gasteiger partial charge on any atom is -0.391 e. The average Bonchev–Trinajstić information content (AvgIpc) is 3.27. The first-order valence-corrected chi connectivity index (χ1v) is 11.7. The number of nitrogen functional groups attached to an aromatic ring is 1. The second-order valence-electron chi connectivity index (χ2n) is 7.29. The van der Waals surface area contributed by atoms with Gasteiger partial charge in [-0.2, -0.15) is 9.36 Å². The number of aromatic nitrogens is 2. The molecule has 14 heteroatoms. The van der Waals surface area contributed by atoms with Gasteiger partial charge in [0, 0.05) is 42.0 Å². The summed E-state index contributed by atoms with van der Waals surface area (Å²) in [6.07, 6.45) is 5.12. The van der Waals surface area contributed by atoms with Gasteiger partial charge in [-0.25, -0.2) is 0 Å². The molecular weight excluding hydrogens is 482 g/mol. The highest BCUT2D eigenvalue weighted by atomic mass is 32.2. The molecule has 3 heterocycles. The van der Waals surface area contributed by atoms with E-state index < -0.39 is 16.4 Å². The van der Waals surface area contributed by atoms with Gasteiger partial charge in [-0.15, -0.1) is 11.8 Å². The normalized spacial score (nSPS) is 21.4. The smallest absolute Gasteiger partial charge is 0.278 e. The predicted octanol–water partition coefficient (Wildman–Crippen LogP) is 1.46. The predicted molar refractivity (Wildman–Crippen MR) is 127 cm³/mol. The summed E-state index contributed by atoms with van der Waals surface area (Å²) in [5.41, 5.74) is 4.69. The number of hydrogen-bond donors (Lipinski definition) is 2. The molecular formula is C20H19N7O5S2. The van der Waals surface area contributed by atoms with Crippen molar-refractivity contribution in [1.82, 2.24) is 19.6 Å². The van der Waals surface area contributed by atoms with E-state index in [1.54, 1.807) is 23.2 Å². The number of hydrogen-bond acceptors (Lipinski definition) is 11. The van der Waals surface area contributed by atoms with Crippen LogP contribution in [0, 0.1) is 10.1 Å². The fourth-order valence-electron chi connectivity index (χ4n) is 3.60. The van der Waals surface area contributed by atoms with Gasteiger partial charge in [-0.05, 0) is 5.56 Å². The first-order valence-electron chi connectivity index (χ1n) is 9.93. The third-order valence-corrected chi connectivity index (χ3v) is 6.96. The number of β-lactam (4-membered cyclic amide) rings is 1. The molecule has 176 valence electrons. The van der Waals surface area contributed by atoms with Crippen LogP contribution in [0.5, 0.6) is 0 Å². The van der Waals surface area contributed by atoms with Crippen LogP contribution in [0.15, 0.2) is 54.4 Å². The molecule has 0 spiro atoms. The Bertz CT molecular complexity index is 1200. The van der Waals surface area contributed by atoms with E-state index >= 15 is 0 Å².